The molecule has 2 heterocycles. The molecule has 2 aromatic carbocycles. The van der Waals surface area contributed by atoms with E-state index in [2.05, 4.69) is 5.32 Å². The number of nitrogens with one attached hydrogen (secondary N) is 1. The second-order valence-corrected chi connectivity index (χ2v) is 6.67. The number of amides is 3. The van der Waals surface area contributed by atoms with Gasteiger partial charge in [0.2, 0.25) is 17.7 Å². The Bertz CT molecular complexity index is 959. The van der Waals surface area contributed by atoms with Gasteiger partial charge in [0.1, 0.15) is 13.2 Å². The average Bonchev–Trinajstić information content (AvgIpc) is 3.09. The van der Waals surface area contributed by atoms with Crippen LogP contribution < -0.4 is 25.4 Å². The quantitative estimate of drug-likeness (QED) is 0.835. The highest BCUT2D eigenvalue weighted by molar-refractivity contribution is 6.04. The molecule has 0 aliphatic carbocycles. The van der Waals surface area contributed by atoms with Gasteiger partial charge in [-0.25, -0.2) is 0 Å². The summed E-state index contributed by atoms with van der Waals surface area (Å²) in [7, 11) is 0. The van der Waals surface area contributed by atoms with Gasteiger partial charge in [-0.15, -0.1) is 0 Å². The van der Waals surface area contributed by atoms with Crippen molar-refractivity contribution in [3.63, 3.8) is 0 Å². The minimum absolute atomic E-state index is 0.107. The van der Waals surface area contributed by atoms with Crippen molar-refractivity contribution in [2.75, 3.05) is 30.0 Å². The first-order chi connectivity index (χ1) is 13.5. The highest BCUT2D eigenvalue weighted by Crippen LogP contribution is 2.36. The lowest BCUT2D eigenvalue weighted by molar-refractivity contribution is -0.122. The Balaban J connectivity index is 1.46. The Hall–Kier alpha value is -3.55. The van der Waals surface area contributed by atoms with Crippen molar-refractivity contribution in [1.82, 2.24) is 0 Å². The summed E-state index contributed by atoms with van der Waals surface area (Å²) in [5.74, 6) is -0.259. The predicted octanol–water partition coefficient (Wildman–Crippen LogP) is 1.55. The fourth-order valence-corrected chi connectivity index (χ4v) is 3.33. The molecule has 8 heteroatoms. The van der Waals surface area contributed by atoms with Crippen LogP contribution in [0.3, 0.4) is 0 Å². The van der Waals surface area contributed by atoms with E-state index in [0.717, 1.165) is 0 Å². The first kappa shape index (κ1) is 17.8. The van der Waals surface area contributed by atoms with Gasteiger partial charge in [0, 0.05) is 36.0 Å². The first-order valence-corrected chi connectivity index (χ1v) is 8.92. The fourth-order valence-electron chi connectivity index (χ4n) is 3.33. The van der Waals surface area contributed by atoms with Crippen molar-refractivity contribution in [3.8, 4) is 11.5 Å². The summed E-state index contributed by atoms with van der Waals surface area (Å²) in [4.78, 5) is 37.9. The van der Waals surface area contributed by atoms with Crippen molar-refractivity contribution >= 4 is 29.1 Å². The van der Waals surface area contributed by atoms with Gasteiger partial charge >= 0.3 is 0 Å². The van der Waals surface area contributed by atoms with E-state index in [9.17, 15) is 14.4 Å². The molecule has 0 unspecified atom stereocenters. The molecular formula is C20H19N3O5. The lowest BCUT2D eigenvalue weighted by Crippen LogP contribution is -2.28. The number of anilines is 2. The summed E-state index contributed by atoms with van der Waals surface area (Å²) in [5.41, 5.74) is 6.70. The Labute approximate surface area is 161 Å². The molecule has 0 spiro atoms. The normalized spacial score (nSPS) is 18.1. The van der Waals surface area contributed by atoms with Gasteiger partial charge in [0.05, 0.1) is 5.92 Å². The summed E-state index contributed by atoms with van der Waals surface area (Å²) in [6, 6.07) is 11.7. The third-order valence-corrected chi connectivity index (χ3v) is 4.75. The molecular weight excluding hydrogens is 362 g/mol. The van der Waals surface area contributed by atoms with E-state index >= 15 is 0 Å². The molecule has 28 heavy (non-hydrogen) atoms. The highest BCUT2D eigenvalue weighted by Gasteiger charge is 2.35. The summed E-state index contributed by atoms with van der Waals surface area (Å²) < 4.78 is 11.1. The second kappa shape index (κ2) is 7.22. The molecule has 0 bridgehead atoms. The van der Waals surface area contributed by atoms with Crippen LogP contribution in [0.25, 0.3) is 0 Å². The van der Waals surface area contributed by atoms with Gasteiger partial charge < -0.3 is 25.4 Å². The van der Waals surface area contributed by atoms with Crippen molar-refractivity contribution in [2.24, 2.45) is 11.7 Å². The molecule has 1 saturated heterocycles. The van der Waals surface area contributed by atoms with Gasteiger partial charge in [-0.1, -0.05) is 6.07 Å². The molecule has 1 fully saturated rings. The van der Waals surface area contributed by atoms with E-state index in [4.69, 9.17) is 15.2 Å². The molecule has 0 radical (unpaired) electrons. The van der Waals surface area contributed by atoms with Crippen LogP contribution in [0.1, 0.15) is 16.8 Å². The summed E-state index contributed by atoms with van der Waals surface area (Å²) in [5, 5.41) is 2.75. The number of nitrogens with zero attached hydrogens (tertiary/aromatic N) is 1. The summed E-state index contributed by atoms with van der Waals surface area (Å²) in [6.45, 7) is 1.22. The molecule has 0 saturated carbocycles. The molecule has 2 aromatic rings. The number of benzene rings is 2. The van der Waals surface area contributed by atoms with Gasteiger partial charge in [0.25, 0.3) is 0 Å². The minimum Gasteiger partial charge on any atom is -0.486 e. The number of carbonyl (C=O) groups excluding carboxylic acids is 3. The second-order valence-electron chi connectivity index (χ2n) is 6.67. The maximum atomic E-state index is 12.6. The molecule has 144 valence electrons. The molecule has 1 atom stereocenters. The smallest absolute Gasteiger partial charge is 0.248 e. The topological polar surface area (TPSA) is 111 Å². The number of rotatable bonds is 4. The standard InChI is InChI=1S/C20H19N3O5/c21-19(25)12-2-1-3-14(8-12)22-20(26)13-9-18(24)23(11-13)15-4-5-16-17(10-15)28-7-6-27-16/h1-5,8,10,13H,6-7,9,11H2,(H2,21,25)(H,22,26)/t13-/m1/s1. The average molecular weight is 381 g/mol. The number of nitrogens with two attached hydrogens (primary N) is 1. The minimum atomic E-state index is -0.572. The molecule has 2 aliphatic rings. The zero-order valence-electron chi connectivity index (χ0n) is 15.0. The third-order valence-electron chi connectivity index (χ3n) is 4.75. The van der Waals surface area contributed by atoms with Crippen LogP contribution in [-0.2, 0) is 9.59 Å². The van der Waals surface area contributed by atoms with E-state index in [0.29, 0.717) is 41.7 Å². The van der Waals surface area contributed by atoms with Crippen LogP contribution in [0.5, 0.6) is 11.5 Å². The van der Waals surface area contributed by atoms with Crippen LogP contribution in [-0.4, -0.2) is 37.5 Å². The van der Waals surface area contributed by atoms with E-state index in [1.165, 1.54) is 6.07 Å². The third kappa shape index (κ3) is 3.48. The fraction of sp³-hybridized carbons (Fsp3) is 0.250. The number of fused-ring (bicyclic) bond motifs is 1. The Kier molecular flexibility index (Phi) is 4.60. The van der Waals surface area contributed by atoms with E-state index in [-0.39, 0.29) is 24.8 Å². The lowest BCUT2D eigenvalue weighted by Gasteiger charge is -2.22. The summed E-state index contributed by atoms with van der Waals surface area (Å²) >= 11 is 0. The predicted molar refractivity (Wildman–Crippen MR) is 101 cm³/mol. The summed E-state index contributed by atoms with van der Waals surface area (Å²) in [6.07, 6.45) is 0.107. The van der Waals surface area contributed by atoms with Crippen molar-refractivity contribution < 1.29 is 23.9 Å². The maximum Gasteiger partial charge on any atom is 0.248 e. The Morgan fingerprint density at radius 2 is 1.86 bits per heavy atom. The van der Waals surface area contributed by atoms with Crippen LogP contribution in [0.15, 0.2) is 42.5 Å². The van der Waals surface area contributed by atoms with Gasteiger partial charge in [-0.05, 0) is 30.3 Å². The van der Waals surface area contributed by atoms with Gasteiger partial charge in [-0.2, -0.15) is 0 Å². The molecule has 4 rings (SSSR count). The zero-order chi connectivity index (χ0) is 19.7. The first-order valence-electron chi connectivity index (χ1n) is 8.92. The van der Waals surface area contributed by atoms with Crippen LogP contribution in [0, 0.1) is 5.92 Å². The van der Waals surface area contributed by atoms with Crippen molar-refractivity contribution in [3.05, 3.63) is 48.0 Å². The molecule has 2 aliphatic heterocycles. The SMILES string of the molecule is NC(=O)c1cccc(NC(=O)[C@@H]2CC(=O)N(c3ccc4c(c3)OCCO4)C2)c1. The highest BCUT2D eigenvalue weighted by atomic mass is 16.6. The zero-order valence-corrected chi connectivity index (χ0v) is 15.0. The van der Waals surface area contributed by atoms with Gasteiger partial charge in [-0.3, -0.25) is 14.4 Å². The molecule has 3 amide bonds. The molecule has 8 nitrogen and oxygen atoms in total. The van der Waals surface area contributed by atoms with Crippen LogP contribution >= 0.6 is 0 Å². The Morgan fingerprint density at radius 1 is 1.07 bits per heavy atom. The Morgan fingerprint density at radius 3 is 2.64 bits per heavy atom. The monoisotopic (exact) mass is 381 g/mol. The molecule has 3 N–H and O–H groups in total. The number of ether oxygens (including phenoxy) is 2. The number of hydrogen-bond acceptors (Lipinski definition) is 5. The maximum absolute atomic E-state index is 12.6. The van der Waals surface area contributed by atoms with Crippen LogP contribution in [0.2, 0.25) is 0 Å². The van der Waals surface area contributed by atoms with Crippen LogP contribution in [0.4, 0.5) is 11.4 Å². The number of primary amides is 1. The van der Waals surface area contributed by atoms with E-state index in [1.54, 1.807) is 41.3 Å². The largest absolute Gasteiger partial charge is 0.486 e. The van der Waals surface area contributed by atoms with Gasteiger partial charge in [0.15, 0.2) is 11.5 Å². The molecule has 0 aromatic heterocycles. The van der Waals surface area contributed by atoms with Crippen molar-refractivity contribution in [2.45, 2.75) is 6.42 Å². The van der Waals surface area contributed by atoms with E-state index < -0.39 is 11.8 Å². The number of carbonyl (C=O) groups is 3. The number of hydrogen-bond donors (Lipinski definition) is 2. The van der Waals surface area contributed by atoms with E-state index in [1.807, 2.05) is 0 Å². The van der Waals surface area contributed by atoms with Crippen molar-refractivity contribution in [1.29, 1.82) is 0 Å². The lowest BCUT2D eigenvalue weighted by atomic mass is 10.1.